The van der Waals surface area contributed by atoms with Crippen LogP contribution in [0.1, 0.15) is 50.2 Å². The van der Waals surface area contributed by atoms with Crippen molar-refractivity contribution < 1.29 is 40.3 Å². The Balaban J connectivity index is 1.62. The first-order valence-electron chi connectivity index (χ1n) is 11.0. The SMILES string of the molecule is Cc1cc(C(F)(C(F)(F)F)C(F)(F)F)ccc1NC(=O)c1cccc(Cl)c1C(=O)NC1(c2ccsc2)CC1. The number of hydrogen-bond donors (Lipinski definition) is 2. The topological polar surface area (TPSA) is 58.2 Å². The smallest absolute Gasteiger partial charge is 0.342 e. The molecule has 1 saturated carbocycles. The molecule has 1 aliphatic carbocycles. The zero-order valence-corrected chi connectivity index (χ0v) is 20.9. The number of thiophene rings is 1. The molecule has 3 aromatic rings. The van der Waals surface area contributed by atoms with Crippen molar-refractivity contribution in [2.45, 2.75) is 43.3 Å². The zero-order valence-electron chi connectivity index (χ0n) is 19.4. The molecular weight excluding hydrogens is 561 g/mol. The van der Waals surface area contributed by atoms with E-state index >= 15 is 0 Å². The van der Waals surface area contributed by atoms with Gasteiger partial charge in [0.2, 0.25) is 0 Å². The first-order chi connectivity index (χ1) is 17.6. The molecule has 2 N–H and O–H groups in total. The second-order valence-corrected chi connectivity index (χ2v) is 10.0. The van der Waals surface area contributed by atoms with E-state index in [1.54, 1.807) is 0 Å². The molecule has 0 radical (unpaired) electrons. The van der Waals surface area contributed by atoms with Crippen molar-refractivity contribution >= 4 is 40.4 Å². The maximum atomic E-state index is 14.4. The Morgan fingerprint density at radius 1 is 0.947 bits per heavy atom. The maximum Gasteiger partial charge on any atom is 0.435 e. The third-order valence-corrected chi connectivity index (χ3v) is 7.31. The molecule has 1 aliphatic rings. The lowest BCUT2D eigenvalue weighted by molar-refractivity contribution is -0.348. The van der Waals surface area contributed by atoms with E-state index in [1.165, 1.54) is 29.5 Å². The van der Waals surface area contributed by atoms with Gasteiger partial charge in [-0.05, 0) is 65.9 Å². The minimum absolute atomic E-state index is 0.0408. The van der Waals surface area contributed by atoms with E-state index in [4.69, 9.17) is 11.6 Å². The number of carbonyl (C=O) groups is 2. The van der Waals surface area contributed by atoms with Crippen molar-refractivity contribution in [3.63, 3.8) is 0 Å². The van der Waals surface area contributed by atoms with Crippen molar-refractivity contribution in [2.75, 3.05) is 5.32 Å². The van der Waals surface area contributed by atoms with Gasteiger partial charge in [-0.25, -0.2) is 4.39 Å². The number of amides is 2. The van der Waals surface area contributed by atoms with Gasteiger partial charge >= 0.3 is 18.0 Å². The van der Waals surface area contributed by atoms with Gasteiger partial charge in [-0.2, -0.15) is 37.7 Å². The molecule has 1 heterocycles. The second-order valence-electron chi connectivity index (χ2n) is 8.85. The molecule has 1 fully saturated rings. The van der Waals surface area contributed by atoms with Crippen LogP contribution in [0.5, 0.6) is 0 Å². The molecule has 0 spiro atoms. The number of aryl methyl sites for hydroxylation is 1. The number of hydrogen-bond acceptors (Lipinski definition) is 3. The van der Waals surface area contributed by atoms with E-state index in [2.05, 4.69) is 10.6 Å². The Labute approximate surface area is 220 Å². The lowest BCUT2D eigenvalue weighted by Crippen LogP contribution is -2.50. The number of nitrogens with one attached hydrogen (secondary N) is 2. The molecule has 1 aromatic heterocycles. The number of anilines is 1. The summed E-state index contributed by atoms with van der Waals surface area (Å²) in [6.07, 6.45) is -11.2. The highest BCUT2D eigenvalue weighted by atomic mass is 35.5. The molecule has 0 saturated heterocycles. The molecular formula is C25H18ClF7N2O2S. The van der Waals surface area contributed by atoms with Crippen LogP contribution >= 0.6 is 22.9 Å². The van der Waals surface area contributed by atoms with Crippen LogP contribution in [0, 0.1) is 6.92 Å². The Hall–Kier alpha value is -3.12. The molecule has 38 heavy (non-hydrogen) atoms. The summed E-state index contributed by atoms with van der Waals surface area (Å²) in [7, 11) is 0. The highest BCUT2D eigenvalue weighted by Crippen LogP contribution is 2.53. The predicted molar refractivity (Wildman–Crippen MR) is 128 cm³/mol. The van der Waals surface area contributed by atoms with E-state index in [9.17, 15) is 40.3 Å². The van der Waals surface area contributed by atoms with Gasteiger partial charge in [-0.3, -0.25) is 9.59 Å². The maximum absolute atomic E-state index is 14.4. The second kappa shape index (κ2) is 9.57. The number of rotatable bonds is 6. The van der Waals surface area contributed by atoms with Gasteiger partial charge in [0.15, 0.2) is 0 Å². The first-order valence-corrected chi connectivity index (χ1v) is 12.3. The standard InChI is InChI=1S/C25H18ClF7N2O2S/c1-13-11-14(23(27,24(28,29)30)25(31,32)33)5-6-18(13)34-20(36)16-3-2-4-17(26)19(16)21(37)35-22(8-9-22)15-7-10-38-12-15/h2-7,10-12H,8-9H2,1H3,(H,34,36)(H,35,37). The fourth-order valence-corrected chi connectivity index (χ4v) is 5.08. The van der Waals surface area contributed by atoms with Crippen LogP contribution in [-0.4, -0.2) is 24.2 Å². The molecule has 13 heteroatoms. The van der Waals surface area contributed by atoms with E-state index in [0.29, 0.717) is 25.0 Å². The Morgan fingerprint density at radius 3 is 2.13 bits per heavy atom. The Kier molecular flexibility index (Phi) is 7.02. The minimum Gasteiger partial charge on any atom is -0.342 e. The van der Waals surface area contributed by atoms with Crippen molar-refractivity contribution in [3.8, 4) is 0 Å². The number of benzene rings is 2. The highest BCUT2D eigenvalue weighted by Gasteiger charge is 2.73. The van der Waals surface area contributed by atoms with Crippen LogP contribution in [0.2, 0.25) is 5.02 Å². The van der Waals surface area contributed by atoms with Crippen LogP contribution in [0.15, 0.2) is 53.2 Å². The molecule has 4 rings (SSSR count). The van der Waals surface area contributed by atoms with Crippen LogP contribution in [-0.2, 0) is 11.2 Å². The fourth-order valence-electron chi connectivity index (χ4n) is 4.07. The van der Waals surface area contributed by atoms with Gasteiger partial charge in [0.25, 0.3) is 11.8 Å². The lowest BCUT2D eigenvalue weighted by atomic mass is 9.92. The molecule has 202 valence electrons. The normalized spacial score (nSPS) is 15.2. The zero-order chi connectivity index (χ0) is 28.1. The van der Waals surface area contributed by atoms with Gasteiger partial charge in [-0.15, -0.1) is 0 Å². The molecule has 4 nitrogen and oxygen atoms in total. The van der Waals surface area contributed by atoms with E-state index < -0.39 is 40.9 Å². The number of halogens is 8. The van der Waals surface area contributed by atoms with Crippen LogP contribution in [0.4, 0.5) is 36.4 Å². The lowest BCUT2D eigenvalue weighted by Gasteiger charge is -2.30. The van der Waals surface area contributed by atoms with Gasteiger partial charge in [0, 0.05) is 11.3 Å². The van der Waals surface area contributed by atoms with Gasteiger partial charge in [0.05, 0.1) is 21.7 Å². The van der Waals surface area contributed by atoms with E-state index in [0.717, 1.165) is 18.6 Å². The summed E-state index contributed by atoms with van der Waals surface area (Å²) in [4.78, 5) is 26.2. The number of alkyl halides is 7. The Morgan fingerprint density at radius 2 is 1.61 bits per heavy atom. The van der Waals surface area contributed by atoms with Crippen molar-refractivity contribution in [2.24, 2.45) is 0 Å². The minimum atomic E-state index is -6.27. The van der Waals surface area contributed by atoms with Crippen LogP contribution < -0.4 is 10.6 Å². The number of carbonyl (C=O) groups excluding carboxylic acids is 2. The van der Waals surface area contributed by atoms with Gasteiger partial charge in [-0.1, -0.05) is 29.8 Å². The third-order valence-electron chi connectivity index (χ3n) is 6.32. The van der Waals surface area contributed by atoms with Crippen LogP contribution in [0.25, 0.3) is 0 Å². The molecule has 0 unspecified atom stereocenters. The molecule has 0 bridgehead atoms. The largest absolute Gasteiger partial charge is 0.435 e. The van der Waals surface area contributed by atoms with Crippen molar-refractivity contribution in [3.05, 3.63) is 86.1 Å². The summed E-state index contributed by atoms with van der Waals surface area (Å²) in [6, 6.07) is 7.35. The van der Waals surface area contributed by atoms with Gasteiger partial charge in [0.1, 0.15) is 0 Å². The quantitative estimate of drug-likeness (QED) is 0.295. The summed E-state index contributed by atoms with van der Waals surface area (Å²) in [5.74, 6) is -1.53. The molecule has 0 atom stereocenters. The summed E-state index contributed by atoms with van der Waals surface area (Å²) >= 11 is 7.70. The summed E-state index contributed by atoms with van der Waals surface area (Å²) < 4.78 is 93.0. The van der Waals surface area contributed by atoms with Gasteiger partial charge < -0.3 is 10.6 Å². The Bertz CT molecular complexity index is 1370. The summed E-state index contributed by atoms with van der Waals surface area (Å²) in [5, 5.41) is 8.96. The molecule has 0 aliphatic heterocycles. The van der Waals surface area contributed by atoms with Crippen molar-refractivity contribution in [1.82, 2.24) is 5.32 Å². The average Bonchev–Trinajstić information content (AvgIpc) is 3.36. The van der Waals surface area contributed by atoms with Crippen molar-refractivity contribution in [1.29, 1.82) is 0 Å². The third kappa shape index (κ3) is 4.86. The first kappa shape index (κ1) is 27.9. The van der Waals surface area contributed by atoms with Crippen LogP contribution in [0.3, 0.4) is 0 Å². The predicted octanol–water partition coefficient (Wildman–Crippen LogP) is 7.67. The average molecular weight is 579 g/mol. The van der Waals surface area contributed by atoms with E-state index in [1.807, 2.05) is 16.8 Å². The summed E-state index contributed by atoms with van der Waals surface area (Å²) in [6.45, 7) is 1.11. The molecule has 2 amide bonds. The summed E-state index contributed by atoms with van der Waals surface area (Å²) in [5.41, 5.74) is -7.75. The molecule has 2 aromatic carbocycles. The van der Waals surface area contributed by atoms with E-state index in [-0.39, 0.29) is 27.4 Å². The fraction of sp³-hybridized carbons (Fsp3) is 0.280. The highest BCUT2D eigenvalue weighted by molar-refractivity contribution is 7.08. The monoisotopic (exact) mass is 578 g/mol.